The van der Waals surface area contributed by atoms with E-state index in [2.05, 4.69) is 39.0 Å². The highest BCUT2D eigenvalue weighted by Gasteiger charge is 2.14. The lowest BCUT2D eigenvalue weighted by Crippen LogP contribution is -2.26. The minimum Gasteiger partial charge on any atom is -0.357 e. The highest BCUT2D eigenvalue weighted by atomic mass is 15.4. The molecule has 0 amide bonds. The number of nitrogens with zero attached hydrogens (tertiary/aromatic N) is 5. The molecule has 0 fully saturated rings. The van der Waals surface area contributed by atoms with Crippen molar-refractivity contribution in [3.63, 3.8) is 0 Å². The van der Waals surface area contributed by atoms with Crippen molar-refractivity contribution in [3.8, 4) is 0 Å². The summed E-state index contributed by atoms with van der Waals surface area (Å²) in [6, 6.07) is 10.0. The Hall–Kier alpha value is -2.37. The highest BCUT2D eigenvalue weighted by Crippen LogP contribution is 2.22. The van der Waals surface area contributed by atoms with Crippen LogP contribution in [-0.2, 0) is 0 Å². The summed E-state index contributed by atoms with van der Waals surface area (Å²) in [5.74, 6) is 1.89. The van der Waals surface area contributed by atoms with Gasteiger partial charge in [0.15, 0.2) is 0 Å². The van der Waals surface area contributed by atoms with Crippen LogP contribution in [0.2, 0.25) is 0 Å². The molecule has 0 atom stereocenters. The van der Waals surface area contributed by atoms with Crippen molar-refractivity contribution < 1.29 is 0 Å². The molecule has 1 N–H and O–H groups in total. The summed E-state index contributed by atoms with van der Waals surface area (Å²) in [5.41, 5.74) is 1.04. The van der Waals surface area contributed by atoms with Gasteiger partial charge in [-0.05, 0) is 26.0 Å². The molecule has 0 aliphatic heterocycles. The summed E-state index contributed by atoms with van der Waals surface area (Å²) < 4.78 is 0. The van der Waals surface area contributed by atoms with Gasteiger partial charge in [-0.25, -0.2) is 0 Å². The summed E-state index contributed by atoms with van der Waals surface area (Å²) in [7, 11) is 3.77. The van der Waals surface area contributed by atoms with Gasteiger partial charge < -0.3 is 15.1 Å². The third-order valence-electron chi connectivity index (χ3n) is 3.33. The van der Waals surface area contributed by atoms with E-state index in [1.165, 1.54) is 0 Å². The zero-order chi connectivity index (χ0) is 15.2. The number of hydrogen-bond donors (Lipinski definition) is 1. The van der Waals surface area contributed by atoms with Crippen LogP contribution in [-0.4, -0.2) is 42.1 Å². The molecule has 0 saturated heterocycles. The largest absolute Gasteiger partial charge is 0.357 e. The number of anilines is 4. The second kappa shape index (κ2) is 6.88. The van der Waals surface area contributed by atoms with Gasteiger partial charge >= 0.3 is 0 Å². The molecule has 0 radical (unpaired) electrons. The lowest BCUT2D eigenvalue weighted by molar-refractivity contribution is 0.810. The van der Waals surface area contributed by atoms with E-state index in [1.54, 1.807) is 0 Å². The van der Waals surface area contributed by atoms with Crippen LogP contribution in [0, 0.1) is 0 Å². The van der Waals surface area contributed by atoms with E-state index in [0.717, 1.165) is 18.8 Å². The molecule has 0 spiro atoms. The maximum atomic E-state index is 4.59. The molecule has 1 aromatic carbocycles. The number of hydrogen-bond acceptors (Lipinski definition) is 6. The predicted octanol–water partition coefficient (Wildman–Crippen LogP) is 2.53. The zero-order valence-corrected chi connectivity index (χ0v) is 13.0. The number of para-hydroxylation sites is 1. The van der Waals surface area contributed by atoms with Crippen LogP contribution < -0.4 is 15.1 Å². The molecule has 0 bridgehead atoms. The van der Waals surface area contributed by atoms with Crippen molar-refractivity contribution in [1.82, 2.24) is 15.0 Å². The second-order valence-electron chi connectivity index (χ2n) is 4.58. The van der Waals surface area contributed by atoms with Crippen molar-refractivity contribution in [2.75, 3.05) is 42.3 Å². The molecular formula is C15H22N6. The molecule has 0 unspecified atom stereocenters. The Morgan fingerprint density at radius 2 is 1.57 bits per heavy atom. The van der Waals surface area contributed by atoms with E-state index in [-0.39, 0.29) is 0 Å². The van der Waals surface area contributed by atoms with Gasteiger partial charge in [0.1, 0.15) is 0 Å². The summed E-state index contributed by atoms with van der Waals surface area (Å²) in [5, 5.41) is 3.00. The van der Waals surface area contributed by atoms with Crippen LogP contribution in [0.4, 0.5) is 23.5 Å². The Bertz CT molecular complexity index is 568. The molecule has 1 heterocycles. The summed E-state index contributed by atoms with van der Waals surface area (Å²) in [4.78, 5) is 17.5. The Labute approximate surface area is 125 Å². The Kier molecular flexibility index (Phi) is 4.92. The Morgan fingerprint density at radius 1 is 0.952 bits per heavy atom. The van der Waals surface area contributed by atoms with Gasteiger partial charge in [0, 0.05) is 32.9 Å². The maximum absolute atomic E-state index is 4.59. The molecule has 0 saturated carbocycles. The van der Waals surface area contributed by atoms with Crippen LogP contribution in [0.15, 0.2) is 30.3 Å². The lowest BCUT2D eigenvalue weighted by atomic mass is 10.3. The van der Waals surface area contributed by atoms with Crippen molar-refractivity contribution in [1.29, 1.82) is 0 Å². The standard InChI is InChI=1S/C15H22N6/c1-5-21(6-2)15-18-13(16-3)17-14(19-15)20(4)12-10-8-7-9-11-12/h7-11H,5-6H2,1-4H3,(H,16,17,18,19). The summed E-state index contributed by atoms with van der Waals surface area (Å²) in [6.45, 7) is 5.90. The van der Waals surface area contributed by atoms with Crippen LogP contribution in [0.1, 0.15) is 13.8 Å². The topological polar surface area (TPSA) is 57.2 Å². The first-order chi connectivity index (χ1) is 10.2. The summed E-state index contributed by atoms with van der Waals surface area (Å²) in [6.07, 6.45) is 0. The van der Waals surface area contributed by atoms with E-state index in [0.29, 0.717) is 17.8 Å². The average Bonchev–Trinajstić information content (AvgIpc) is 2.55. The Balaban J connectivity index is 2.41. The van der Waals surface area contributed by atoms with Crippen LogP contribution in [0.3, 0.4) is 0 Å². The van der Waals surface area contributed by atoms with Crippen molar-refractivity contribution in [2.45, 2.75) is 13.8 Å². The lowest BCUT2D eigenvalue weighted by Gasteiger charge is -2.22. The van der Waals surface area contributed by atoms with Crippen LogP contribution >= 0.6 is 0 Å². The van der Waals surface area contributed by atoms with Gasteiger partial charge in [-0.15, -0.1) is 0 Å². The average molecular weight is 286 g/mol. The second-order valence-corrected chi connectivity index (χ2v) is 4.58. The number of aromatic nitrogens is 3. The molecule has 0 aliphatic rings. The number of rotatable bonds is 6. The normalized spacial score (nSPS) is 10.3. The third kappa shape index (κ3) is 3.39. The predicted molar refractivity (Wildman–Crippen MR) is 87.4 cm³/mol. The fraction of sp³-hybridized carbons (Fsp3) is 0.400. The van der Waals surface area contributed by atoms with Crippen molar-refractivity contribution in [3.05, 3.63) is 30.3 Å². The van der Waals surface area contributed by atoms with Gasteiger partial charge in [0.25, 0.3) is 0 Å². The first kappa shape index (κ1) is 15.0. The van der Waals surface area contributed by atoms with Crippen molar-refractivity contribution >= 4 is 23.5 Å². The minimum absolute atomic E-state index is 0.574. The molecule has 112 valence electrons. The smallest absolute Gasteiger partial charge is 0.236 e. The SMILES string of the molecule is CCN(CC)c1nc(NC)nc(N(C)c2ccccc2)n1. The monoisotopic (exact) mass is 286 g/mol. The minimum atomic E-state index is 0.574. The van der Waals surface area contributed by atoms with Gasteiger partial charge in [-0.3, -0.25) is 0 Å². The Morgan fingerprint density at radius 3 is 2.14 bits per heavy atom. The first-order valence-electron chi connectivity index (χ1n) is 7.17. The van der Waals surface area contributed by atoms with Gasteiger partial charge in [-0.1, -0.05) is 18.2 Å². The third-order valence-corrected chi connectivity index (χ3v) is 3.33. The van der Waals surface area contributed by atoms with E-state index < -0.39 is 0 Å². The van der Waals surface area contributed by atoms with Gasteiger partial charge in [0.2, 0.25) is 17.8 Å². The van der Waals surface area contributed by atoms with E-state index in [1.807, 2.05) is 49.3 Å². The maximum Gasteiger partial charge on any atom is 0.236 e. The number of nitrogens with one attached hydrogen (secondary N) is 1. The molecular weight excluding hydrogens is 264 g/mol. The van der Waals surface area contributed by atoms with Crippen LogP contribution in [0.5, 0.6) is 0 Å². The number of benzene rings is 1. The highest BCUT2D eigenvalue weighted by molar-refractivity contribution is 5.58. The van der Waals surface area contributed by atoms with Gasteiger partial charge in [0.05, 0.1) is 0 Å². The van der Waals surface area contributed by atoms with Gasteiger partial charge in [-0.2, -0.15) is 15.0 Å². The summed E-state index contributed by atoms with van der Waals surface area (Å²) >= 11 is 0. The quantitative estimate of drug-likeness (QED) is 0.880. The molecule has 6 heteroatoms. The molecule has 2 rings (SSSR count). The van der Waals surface area contributed by atoms with Crippen molar-refractivity contribution in [2.24, 2.45) is 0 Å². The molecule has 21 heavy (non-hydrogen) atoms. The fourth-order valence-corrected chi connectivity index (χ4v) is 2.03. The van der Waals surface area contributed by atoms with E-state index in [9.17, 15) is 0 Å². The van der Waals surface area contributed by atoms with E-state index >= 15 is 0 Å². The first-order valence-corrected chi connectivity index (χ1v) is 7.17. The molecule has 1 aromatic heterocycles. The molecule has 0 aliphatic carbocycles. The van der Waals surface area contributed by atoms with Crippen LogP contribution in [0.25, 0.3) is 0 Å². The molecule has 2 aromatic rings. The fourth-order valence-electron chi connectivity index (χ4n) is 2.03. The molecule has 6 nitrogen and oxygen atoms in total. The van der Waals surface area contributed by atoms with E-state index in [4.69, 9.17) is 0 Å². The zero-order valence-electron chi connectivity index (χ0n) is 13.0.